The van der Waals surface area contributed by atoms with Gasteiger partial charge in [-0.25, -0.2) is 0 Å². The third-order valence-electron chi connectivity index (χ3n) is 2.46. The predicted octanol–water partition coefficient (Wildman–Crippen LogP) is 2.63. The second-order valence-electron chi connectivity index (χ2n) is 4.90. The minimum Gasteiger partial charge on any atom is -0.293 e. The van der Waals surface area contributed by atoms with Crippen LogP contribution < -0.4 is 0 Å². The fourth-order valence-corrected chi connectivity index (χ4v) is 2.09. The largest absolute Gasteiger partial charge is 0.293 e. The van der Waals surface area contributed by atoms with Gasteiger partial charge in [0, 0.05) is 11.7 Å². The molecule has 18 heavy (non-hydrogen) atoms. The summed E-state index contributed by atoms with van der Waals surface area (Å²) in [7, 11) is 0. The summed E-state index contributed by atoms with van der Waals surface area (Å²) in [5.74, 6) is 0.678. The first-order valence-electron chi connectivity index (χ1n) is 5.48. The van der Waals surface area contributed by atoms with Crippen molar-refractivity contribution in [1.29, 1.82) is 5.26 Å². The van der Waals surface area contributed by atoms with Crippen molar-refractivity contribution >= 4 is 12.2 Å². The molecular formula is C12H13N5S. The number of nitrogens with one attached hydrogen (secondary N) is 1. The van der Waals surface area contributed by atoms with Gasteiger partial charge < -0.3 is 0 Å². The van der Waals surface area contributed by atoms with Crippen LogP contribution in [0, 0.1) is 16.1 Å². The number of rotatable bonds is 1. The molecule has 0 unspecified atom stereocenters. The van der Waals surface area contributed by atoms with Gasteiger partial charge in [0.25, 0.3) is 0 Å². The number of aromatic amines is 1. The third kappa shape index (κ3) is 2.17. The maximum absolute atomic E-state index is 8.75. The molecule has 92 valence electrons. The summed E-state index contributed by atoms with van der Waals surface area (Å²) < 4.78 is 2.47. The highest BCUT2D eigenvalue weighted by molar-refractivity contribution is 7.71. The van der Waals surface area contributed by atoms with Crippen molar-refractivity contribution in [2.75, 3.05) is 0 Å². The average molecular weight is 259 g/mol. The Morgan fingerprint density at radius 2 is 2.11 bits per heavy atom. The predicted molar refractivity (Wildman–Crippen MR) is 70.4 cm³/mol. The van der Waals surface area contributed by atoms with E-state index < -0.39 is 0 Å². The highest BCUT2D eigenvalue weighted by Gasteiger charge is 2.20. The first kappa shape index (κ1) is 12.5. The molecule has 2 aromatic heterocycles. The molecule has 0 saturated carbocycles. The van der Waals surface area contributed by atoms with Gasteiger partial charge in [0.2, 0.25) is 0 Å². The number of H-pyrrole nitrogens is 1. The van der Waals surface area contributed by atoms with Gasteiger partial charge in [0.1, 0.15) is 11.8 Å². The Balaban J connectivity index is 2.58. The molecule has 0 bridgehead atoms. The number of nitriles is 1. The van der Waals surface area contributed by atoms with Crippen LogP contribution in [0.4, 0.5) is 0 Å². The van der Waals surface area contributed by atoms with E-state index in [9.17, 15) is 0 Å². The van der Waals surface area contributed by atoms with E-state index in [-0.39, 0.29) is 5.54 Å². The summed E-state index contributed by atoms with van der Waals surface area (Å²) in [4.78, 5) is 4.24. The average Bonchev–Trinajstić information content (AvgIpc) is 2.71. The quantitative estimate of drug-likeness (QED) is 0.799. The molecule has 0 atom stereocenters. The van der Waals surface area contributed by atoms with Crippen molar-refractivity contribution in [1.82, 2.24) is 19.7 Å². The smallest absolute Gasteiger partial charge is 0.195 e. The van der Waals surface area contributed by atoms with Gasteiger partial charge in [-0.3, -0.25) is 14.6 Å². The first-order valence-corrected chi connectivity index (χ1v) is 5.89. The van der Waals surface area contributed by atoms with E-state index in [0.717, 1.165) is 0 Å². The van der Waals surface area contributed by atoms with E-state index in [2.05, 4.69) is 15.2 Å². The van der Waals surface area contributed by atoms with Gasteiger partial charge in [-0.1, -0.05) is 0 Å². The Morgan fingerprint density at radius 1 is 1.39 bits per heavy atom. The van der Waals surface area contributed by atoms with Crippen LogP contribution in [0.3, 0.4) is 0 Å². The van der Waals surface area contributed by atoms with Gasteiger partial charge in [-0.15, -0.1) is 0 Å². The fourth-order valence-electron chi connectivity index (χ4n) is 1.68. The normalized spacial score (nSPS) is 11.2. The van der Waals surface area contributed by atoms with E-state index in [4.69, 9.17) is 17.5 Å². The van der Waals surface area contributed by atoms with Crippen molar-refractivity contribution in [3.63, 3.8) is 0 Å². The summed E-state index contributed by atoms with van der Waals surface area (Å²) in [6.45, 7) is 6.14. The number of aromatic nitrogens is 4. The lowest BCUT2D eigenvalue weighted by atomic mass is 10.1. The van der Waals surface area contributed by atoms with E-state index >= 15 is 0 Å². The maximum atomic E-state index is 8.75. The molecule has 2 aromatic rings. The van der Waals surface area contributed by atoms with Crippen LogP contribution in [-0.2, 0) is 5.54 Å². The molecule has 0 fully saturated rings. The van der Waals surface area contributed by atoms with Crippen LogP contribution in [-0.4, -0.2) is 19.7 Å². The maximum Gasteiger partial charge on any atom is 0.195 e. The monoisotopic (exact) mass is 259 g/mol. The van der Waals surface area contributed by atoms with Gasteiger partial charge in [0.05, 0.1) is 5.56 Å². The van der Waals surface area contributed by atoms with Crippen LogP contribution >= 0.6 is 12.2 Å². The molecule has 0 aliphatic rings. The number of nitrogens with zero attached hydrogens (tertiary/aromatic N) is 4. The highest BCUT2D eigenvalue weighted by Crippen LogP contribution is 2.23. The molecule has 5 nitrogen and oxygen atoms in total. The lowest BCUT2D eigenvalue weighted by Crippen LogP contribution is -2.23. The van der Waals surface area contributed by atoms with Crippen LogP contribution in [0.15, 0.2) is 18.3 Å². The van der Waals surface area contributed by atoms with Crippen LogP contribution in [0.25, 0.3) is 11.5 Å². The molecule has 2 heterocycles. The van der Waals surface area contributed by atoms with Crippen molar-refractivity contribution in [3.8, 4) is 17.6 Å². The number of hydrogen-bond donors (Lipinski definition) is 1. The highest BCUT2D eigenvalue weighted by atomic mass is 32.1. The lowest BCUT2D eigenvalue weighted by Gasteiger charge is -2.22. The molecule has 2 rings (SSSR count). The molecule has 0 aliphatic carbocycles. The van der Waals surface area contributed by atoms with E-state index in [1.165, 1.54) is 6.20 Å². The minimum atomic E-state index is -0.186. The summed E-state index contributed by atoms with van der Waals surface area (Å²) >= 11 is 5.23. The second-order valence-corrected chi connectivity index (χ2v) is 5.29. The van der Waals surface area contributed by atoms with Crippen molar-refractivity contribution in [2.24, 2.45) is 0 Å². The molecule has 6 heteroatoms. The van der Waals surface area contributed by atoms with Crippen molar-refractivity contribution in [3.05, 3.63) is 28.7 Å². The number of hydrogen-bond acceptors (Lipinski definition) is 4. The van der Waals surface area contributed by atoms with Crippen molar-refractivity contribution in [2.45, 2.75) is 26.3 Å². The van der Waals surface area contributed by atoms with Gasteiger partial charge in [0.15, 0.2) is 10.6 Å². The molecule has 0 saturated heterocycles. The molecular weight excluding hydrogens is 246 g/mol. The summed E-state index contributed by atoms with van der Waals surface area (Å²) in [6, 6.07) is 5.52. The van der Waals surface area contributed by atoms with Crippen LogP contribution in [0.1, 0.15) is 26.3 Å². The Labute approximate surface area is 110 Å². The zero-order chi connectivity index (χ0) is 13.3. The summed E-state index contributed by atoms with van der Waals surface area (Å²) in [5, 5.41) is 15.7. The second kappa shape index (κ2) is 4.35. The van der Waals surface area contributed by atoms with Gasteiger partial charge in [-0.2, -0.15) is 10.4 Å². The Bertz CT molecular complexity index is 652. The third-order valence-corrected chi connectivity index (χ3v) is 2.74. The van der Waals surface area contributed by atoms with E-state index in [0.29, 0.717) is 21.9 Å². The Kier molecular flexibility index (Phi) is 3.01. The van der Waals surface area contributed by atoms with Gasteiger partial charge in [-0.05, 0) is 45.1 Å². The molecule has 0 aliphatic heterocycles. The molecule has 0 spiro atoms. The van der Waals surface area contributed by atoms with Crippen LogP contribution in [0.2, 0.25) is 0 Å². The fraction of sp³-hybridized carbons (Fsp3) is 0.333. The summed E-state index contributed by atoms with van der Waals surface area (Å²) in [6.07, 6.45) is 1.53. The topological polar surface area (TPSA) is 70.3 Å². The minimum absolute atomic E-state index is 0.186. The van der Waals surface area contributed by atoms with E-state index in [1.807, 2.05) is 31.4 Å². The number of pyridine rings is 1. The molecule has 0 amide bonds. The first-order chi connectivity index (χ1) is 8.43. The Hall–Kier alpha value is -2.00. The zero-order valence-electron chi connectivity index (χ0n) is 10.4. The Morgan fingerprint density at radius 3 is 2.61 bits per heavy atom. The molecule has 0 radical (unpaired) electrons. The molecule has 0 aromatic carbocycles. The summed E-state index contributed by atoms with van der Waals surface area (Å²) in [5.41, 5.74) is 1.03. The van der Waals surface area contributed by atoms with Crippen LogP contribution in [0.5, 0.6) is 0 Å². The van der Waals surface area contributed by atoms with Gasteiger partial charge >= 0.3 is 0 Å². The lowest BCUT2D eigenvalue weighted by molar-refractivity contribution is 0.395. The van der Waals surface area contributed by atoms with Crippen molar-refractivity contribution < 1.29 is 0 Å². The molecule has 1 N–H and O–H groups in total. The van der Waals surface area contributed by atoms with E-state index in [1.54, 1.807) is 12.1 Å². The standard InChI is InChI=1S/C12H13N5S/c1-12(2,3)17-10(15-16-11(17)18)9-5-4-8(6-13)7-14-9/h4-5,7H,1-3H3,(H,16,18). The SMILES string of the molecule is CC(C)(C)n1c(-c2ccc(C#N)cn2)n[nH]c1=S. The zero-order valence-corrected chi connectivity index (χ0v) is 11.2.